The number of hydrogen-bond donors (Lipinski definition) is 1. The Balaban J connectivity index is 1.56. The number of nitrogens with one attached hydrogen (secondary N) is 1. The maximum atomic E-state index is 13.9. The van der Waals surface area contributed by atoms with E-state index in [9.17, 15) is 9.59 Å². The first-order chi connectivity index (χ1) is 16.9. The second-order valence-corrected chi connectivity index (χ2v) is 9.36. The molecule has 2 amide bonds. The van der Waals surface area contributed by atoms with Gasteiger partial charge < -0.3 is 5.32 Å². The maximum Gasteiger partial charge on any atom is 0.277 e. The van der Waals surface area contributed by atoms with Crippen molar-refractivity contribution >= 4 is 29.1 Å². The van der Waals surface area contributed by atoms with Crippen molar-refractivity contribution < 1.29 is 9.59 Å². The first-order valence-electron chi connectivity index (χ1n) is 11.4. The molecule has 0 spiro atoms. The van der Waals surface area contributed by atoms with Gasteiger partial charge in [-0.2, -0.15) is 5.10 Å². The number of aryl methyl sites for hydroxylation is 1. The minimum absolute atomic E-state index is 0.201. The van der Waals surface area contributed by atoms with Crippen LogP contribution in [0.15, 0.2) is 84.9 Å². The number of carbonyl (C=O) groups is 2. The standard InChI is InChI=1S/C28H25ClN4O2/c1-19-13-14-22(15-23(19)29)33-26(34)25-16-24(21-11-7-4-8-12-21)31-32(25)18-28(33,2)27(35)30-17-20-9-5-3-6-10-20/h3-16H,17-18H2,1-2H3,(H,30,35)/t28-/m0/s1. The van der Waals surface area contributed by atoms with Crippen LogP contribution >= 0.6 is 11.6 Å². The molecule has 0 bridgehead atoms. The van der Waals surface area contributed by atoms with Gasteiger partial charge >= 0.3 is 0 Å². The number of nitrogens with zero attached hydrogens (tertiary/aromatic N) is 3. The van der Waals surface area contributed by atoms with E-state index in [4.69, 9.17) is 16.7 Å². The molecule has 35 heavy (non-hydrogen) atoms. The number of hydrogen-bond acceptors (Lipinski definition) is 3. The number of carbonyl (C=O) groups excluding carboxylic acids is 2. The molecule has 3 aromatic carbocycles. The third kappa shape index (κ3) is 4.21. The van der Waals surface area contributed by atoms with E-state index < -0.39 is 5.54 Å². The molecule has 4 aromatic rings. The van der Waals surface area contributed by atoms with E-state index in [0.29, 0.717) is 28.6 Å². The smallest absolute Gasteiger partial charge is 0.277 e. The zero-order valence-corrected chi connectivity index (χ0v) is 20.3. The van der Waals surface area contributed by atoms with Crippen molar-refractivity contribution in [1.82, 2.24) is 15.1 Å². The normalized spacial score (nSPS) is 17.2. The summed E-state index contributed by atoms with van der Waals surface area (Å²) < 4.78 is 1.64. The highest BCUT2D eigenvalue weighted by Gasteiger charge is 2.49. The van der Waals surface area contributed by atoms with Crippen molar-refractivity contribution in [1.29, 1.82) is 0 Å². The summed E-state index contributed by atoms with van der Waals surface area (Å²) in [7, 11) is 0. The summed E-state index contributed by atoms with van der Waals surface area (Å²) in [6.45, 7) is 4.23. The molecular formula is C28H25ClN4O2. The van der Waals surface area contributed by atoms with Crippen molar-refractivity contribution in [3.8, 4) is 11.3 Å². The lowest BCUT2D eigenvalue weighted by molar-refractivity contribution is -0.126. The summed E-state index contributed by atoms with van der Waals surface area (Å²) in [6.07, 6.45) is 0. The number of amides is 2. The highest BCUT2D eigenvalue weighted by Crippen LogP contribution is 2.35. The van der Waals surface area contributed by atoms with E-state index in [-0.39, 0.29) is 18.4 Å². The van der Waals surface area contributed by atoms with Gasteiger partial charge in [-0.15, -0.1) is 0 Å². The minimum Gasteiger partial charge on any atom is -0.350 e. The summed E-state index contributed by atoms with van der Waals surface area (Å²) in [6, 6.07) is 26.6. The largest absolute Gasteiger partial charge is 0.350 e. The van der Waals surface area contributed by atoms with Crippen LogP contribution in [0.1, 0.15) is 28.5 Å². The van der Waals surface area contributed by atoms with Crippen LogP contribution in [0.5, 0.6) is 0 Å². The molecule has 176 valence electrons. The molecule has 1 aromatic heterocycles. The molecule has 2 heterocycles. The van der Waals surface area contributed by atoms with Gasteiger partial charge in [0.05, 0.1) is 12.2 Å². The number of benzene rings is 3. The Morgan fingerprint density at radius 2 is 1.71 bits per heavy atom. The molecule has 1 aliphatic rings. The number of halogens is 1. The molecule has 1 N–H and O–H groups in total. The molecule has 0 unspecified atom stereocenters. The number of aromatic nitrogens is 2. The number of fused-ring (bicyclic) bond motifs is 1. The summed E-state index contributed by atoms with van der Waals surface area (Å²) in [5.74, 6) is -0.572. The fourth-order valence-electron chi connectivity index (χ4n) is 4.43. The zero-order chi connectivity index (χ0) is 24.6. The van der Waals surface area contributed by atoms with E-state index in [2.05, 4.69) is 5.32 Å². The number of anilines is 1. The fourth-order valence-corrected chi connectivity index (χ4v) is 4.60. The Labute approximate surface area is 209 Å². The van der Waals surface area contributed by atoms with Crippen LogP contribution in [0.2, 0.25) is 5.02 Å². The molecule has 0 saturated carbocycles. The molecule has 1 aliphatic heterocycles. The summed E-state index contributed by atoms with van der Waals surface area (Å²) in [5, 5.41) is 8.24. The monoisotopic (exact) mass is 484 g/mol. The first-order valence-corrected chi connectivity index (χ1v) is 11.8. The van der Waals surface area contributed by atoms with Gasteiger partial charge in [-0.1, -0.05) is 78.3 Å². The van der Waals surface area contributed by atoms with Crippen LogP contribution in [-0.2, 0) is 17.9 Å². The molecule has 0 aliphatic carbocycles. The van der Waals surface area contributed by atoms with Gasteiger partial charge in [0.15, 0.2) is 0 Å². The molecule has 1 atom stereocenters. The Morgan fingerprint density at radius 3 is 2.40 bits per heavy atom. The SMILES string of the molecule is Cc1ccc(N2C(=O)c3cc(-c4ccccc4)nn3C[C@@]2(C)C(=O)NCc2ccccc2)cc1Cl. The predicted molar refractivity (Wildman–Crippen MR) is 137 cm³/mol. The van der Waals surface area contributed by atoms with Crippen molar-refractivity contribution in [2.45, 2.75) is 32.5 Å². The van der Waals surface area contributed by atoms with Crippen LogP contribution < -0.4 is 10.2 Å². The quantitative estimate of drug-likeness (QED) is 0.421. The Hall–Kier alpha value is -3.90. The van der Waals surface area contributed by atoms with Crippen molar-refractivity contribution in [2.75, 3.05) is 4.90 Å². The van der Waals surface area contributed by atoms with E-state index >= 15 is 0 Å². The fraction of sp³-hybridized carbons (Fsp3) is 0.179. The molecule has 6 nitrogen and oxygen atoms in total. The average Bonchev–Trinajstić information content (AvgIpc) is 3.30. The summed E-state index contributed by atoms with van der Waals surface area (Å²) in [5.41, 5.74) is 3.23. The highest BCUT2D eigenvalue weighted by atomic mass is 35.5. The van der Waals surface area contributed by atoms with Crippen LogP contribution in [-0.4, -0.2) is 27.1 Å². The average molecular weight is 485 g/mol. The van der Waals surface area contributed by atoms with Crippen molar-refractivity contribution in [3.63, 3.8) is 0 Å². The second kappa shape index (κ2) is 9.04. The van der Waals surface area contributed by atoms with Crippen molar-refractivity contribution in [2.24, 2.45) is 0 Å². The molecule has 0 fully saturated rings. The molecule has 0 saturated heterocycles. The van der Waals surface area contributed by atoms with Crippen molar-refractivity contribution in [3.05, 3.63) is 107 Å². The molecule has 0 radical (unpaired) electrons. The second-order valence-electron chi connectivity index (χ2n) is 8.95. The number of rotatable bonds is 5. The third-order valence-electron chi connectivity index (χ3n) is 6.42. The van der Waals surface area contributed by atoms with Gasteiger partial charge in [0.25, 0.3) is 5.91 Å². The predicted octanol–water partition coefficient (Wildman–Crippen LogP) is 5.25. The van der Waals surface area contributed by atoms with E-state index in [0.717, 1.165) is 16.7 Å². The van der Waals surface area contributed by atoms with E-state index in [1.165, 1.54) is 0 Å². The minimum atomic E-state index is -1.22. The lowest BCUT2D eigenvalue weighted by Crippen LogP contribution is -2.64. The van der Waals surface area contributed by atoms with Crippen LogP contribution in [0.25, 0.3) is 11.3 Å². The van der Waals surface area contributed by atoms with Gasteiger partial charge in [0, 0.05) is 22.8 Å². The molecule has 7 heteroatoms. The van der Waals surface area contributed by atoms with Crippen LogP contribution in [0.3, 0.4) is 0 Å². The van der Waals surface area contributed by atoms with Gasteiger partial charge in [0.2, 0.25) is 5.91 Å². The van der Waals surface area contributed by atoms with E-state index in [1.54, 1.807) is 28.6 Å². The zero-order valence-electron chi connectivity index (χ0n) is 19.5. The summed E-state index contributed by atoms with van der Waals surface area (Å²) in [4.78, 5) is 29.1. The lowest BCUT2D eigenvalue weighted by atomic mass is 9.93. The molecular weight excluding hydrogens is 460 g/mol. The van der Waals surface area contributed by atoms with E-state index in [1.807, 2.05) is 79.7 Å². The lowest BCUT2D eigenvalue weighted by Gasteiger charge is -2.43. The van der Waals surface area contributed by atoms with Crippen LogP contribution in [0, 0.1) is 6.92 Å². The maximum absolute atomic E-state index is 13.9. The Morgan fingerprint density at radius 1 is 1.03 bits per heavy atom. The van der Waals surface area contributed by atoms with Gasteiger partial charge in [-0.05, 0) is 43.2 Å². The topological polar surface area (TPSA) is 67.2 Å². The first kappa shape index (κ1) is 22.9. The van der Waals surface area contributed by atoms with Gasteiger partial charge in [0.1, 0.15) is 11.2 Å². The van der Waals surface area contributed by atoms with Gasteiger partial charge in [-0.25, -0.2) is 0 Å². The van der Waals surface area contributed by atoms with Crippen LogP contribution in [0.4, 0.5) is 5.69 Å². The highest BCUT2D eigenvalue weighted by molar-refractivity contribution is 6.31. The Bertz CT molecular complexity index is 1400. The summed E-state index contributed by atoms with van der Waals surface area (Å²) >= 11 is 6.42. The Kier molecular flexibility index (Phi) is 5.91. The third-order valence-corrected chi connectivity index (χ3v) is 6.83. The molecule has 5 rings (SSSR count). The van der Waals surface area contributed by atoms with Gasteiger partial charge in [-0.3, -0.25) is 19.2 Å².